The van der Waals surface area contributed by atoms with Gasteiger partial charge in [-0.1, -0.05) is 66.7 Å². The molecule has 3 aromatic carbocycles. The standard InChI is InChI=1S/C60H77F3N8O11/c1-11-37-19-26-80-58(10)56(78)46-44-45(52(76)36(9)55(46)82-58)53(77)49(48-47(44)65-59(66-48)20-24-69(25-21-59)29-30(2)3)64-57(79)32(5)14-12-13-31(4)50(74)34(7)51(75)35(8)54(33(37)6)81-43(73)28-42(72)70-22-17-39(18-23-70)71-41-16-15-38(60(61,62)63)27-40(41)67-68-71/h12-16,19,26-27,30-31,33-35,37,39,50-51,54,65,67-68,74-77H,11,17-18,20-25,28-29H2,1-10H3/b13-12+,26-19+,32-14-,64-49?/t31-,33+,34+,35+,37-,50-,51+,54+,58-/m0/s1. The second-order valence-corrected chi connectivity index (χ2v) is 23.9. The number of aromatic hydroxyl groups is 2. The first-order valence-corrected chi connectivity index (χ1v) is 28.5. The van der Waals surface area contributed by atoms with E-state index in [2.05, 4.69) is 40.0 Å². The van der Waals surface area contributed by atoms with E-state index in [1.807, 2.05) is 13.8 Å². The summed E-state index contributed by atoms with van der Waals surface area (Å²) in [5.74, 6) is -8.40. The highest BCUT2D eigenvalue weighted by Crippen LogP contribution is 2.51. The summed E-state index contributed by atoms with van der Waals surface area (Å²) in [6.45, 7) is 20.5. The third-order valence-corrected chi connectivity index (χ3v) is 17.7. The van der Waals surface area contributed by atoms with Gasteiger partial charge in [0, 0.05) is 86.8 Å². The van der Waals surface area contributed by atoms with Gasteiger partial charge in [0.1, 0.15) is 40.4 Å². The number of rotatable bonds is 7. The molecule has 7 aliphatic heterocycles. The molecule has 22 heteroatoms. The lowest BCUT2D eigenvalue weighted by Crippen LogP contribution is -2.51. The fourth-order valence-corrected chi connectivity index (χ4v) is 12.6. The third-order valence-electron chi connectivity index (χ3n) is 17.7. The van der Waals surface area contributed by atoms with Crippen LogP contribution < -0.4 is 36.7 Å². The number of phenols is 2. The summed E-state index contributed by atoms with van der Waals surface area (Å²) in [5, 5.41) is 53.4. The van der Waals surface area contributed by atoms with Crippen molar-refractivity contribution in [3.05, 3.63) is 81.7 Å². The fraction of sp³-hybridized carbons (Fsp3) is 0.567. The number of carbonyl (C=O) groups is 4. The maximum Gasteiger partial charge on any atom is 0.416 e. The largest absolute Gasteiger partial charge is 0.507 e. The Kier molecular flexibility index (Phi) is 16.9. The Bertz CT molecular complexity index is 3240. The number of esters is 1. The molecule has 7 heterocycles. The molecule has 444 valence electrons. The molecule has 2 amide bonds. The SMILES string of the molecule is CC[C@H]1/C=C/O[C@@]2(C)Oc3c(C)c(O)c4c(O)c(c5c(c4c3C2=O)NC2(CCN(CC(C)C)CC2)N=5)=NC(=O)/C(C)=C\C=C\[C@H](C)[C@H](O)[C@@H](C)[C@@H](O)[C@@H](C)[C@H](OC(=O)CC(=O)N2CCC(N3NNc4cc(C(F)(F)F)ccc43)CC2)[C@@H]1C. The van der Waals surface area contributed by atoms with Crippen LogP contribution in [0.15, 0.2) is 64.3 Å². The molecule has 3 aromatic rings. The number of benzene rings is 3. The molecule has 82 heavy (non-hydrogen) atoms. The van der Waals surface area contributed by atoms with Crippen LogP contribution in [0.5, 0.6) is 17.2 Å². The molecule has 7 N–H and O–H groups in total. The number of alkyl halides is 3. The van der Waals surface area contributed by atoms with Gasteiger partial charge in [0.05, 0.1) is 58.1 Å². The van der Waals surface area contributed by atoms with Gasteiger partial charge in [0.2, 0.25) is 5.91 Å². The predicted octanol–water partition coefficient (Wildman–Crippen LogP) is 7.49. The van der Waals surface area contributed by atoms with Crippen LogP contribution >= 0.6 is 0 Å². The quantitative estimate of drug-likeness (QED) is 0.0688. The van der Waals surface area contributed by atoms with E-state index < -0.39 is 113 Å². The zero-order chi connectivity index (χ0) is 59.5. The van der Waals surface area contributed by atoms with Crippen molar-refractivity contribution in [2.75, 3.05) is 48.5 Å². The highest BCUT2D eigenvalue weighted by Gasteiger charge is 2.51. The zero-order valence-corrected chi connectivity index (χ0v) is 48.2. The Hall–Kier alpha value is -6.75. The highest BCUT2D eigenvalue weighted by atomic mass is 19.4. The van der Waals surface area contributed by atoms with Crippen LogP contribution in [0.3, 0.4) is 0 Å². The minimum Gasteiger partial charge on any atom is -0.507 e. The smallest absolute Gasteiger partial charge is 0.416 e. The van der Waals surface area contributed by atoms with Crippen LogP contribution in [0.1, 0.15) is 122 Å². The van der Waals surface area contributed by atoms with Gasteiger partial charge in [-0.3, -0.25) is 29.2 Å². The summed E-state index contributed by atoms with van der Waals surface area (Å²) in [5.41, 5.74) is 5.49. The Morgan fingerprint density at radius 3 is 2.28 bits per heavy atom. The normalized spacial score (nSPS) is 29.5. The second kappa shape index (κ2) is 23.1. The molecule has 2 saturated heterocycles. The molecule has 7 aliphatic rings. The molecular weight excluding hydrogens is 1070 g/mol. The van der Waals surface area contributed by atoms with Crippen LogP contribution in [-0.2, 0) is 30.0 Å². The number of carbonyl (C=O) groups excluding carboxylic acids is 4. The number of piperidine rings is 2. The van der Waals surface area contributed by atoms with E-state index in [0.717, 1.165) is 18.7 Å². The molecule has 19 nitrogen and oxygen atoms in total. The number of aliphatic hydroxyl groups excluding tert-OH is 2. The average molecular weight is 1140 g/mol. The number of fused-ring (bicyclic) bond motifs is 14. The van der Waals surface area contributed by atoms with E-state index in [1.165, 1.54) is 25.3 Å². The summed E-state index contributed by atoms with van der Waals surface area (Å²) >= 11 is 0. The summed E-state index contributed by atoms with van der Waals surface area (Å²) in [4.78, 5) is 70.5. The second-order valence-electron chi connectivity index (χ2n) is 23.9. The molecule has 1 spiro atoms. The Morgan fingerprint density at radius 2 is 1.62 bits per heavy atom. The van der Waals surface area contributed by atoms with Gasteiger partial charge in [-0.25, -0.2) is 4.99 Å². The zero-order valence-electron chi connectivity index (χ0n) is 48.2. The van der Waals surface area contributed by atoms with Crippen LogP contribution in [0, 0.1) is 42.4 Å². The molecule has 0 aliphatic carbocycles. The van der Waals surface area contributed by atoms with Crippen LogP contribution in [0.2, 0.25) is 0 Å². The predicted molar refractivity (Wildman–Crippen MR) is 300 cm³/mol. The number of ketones is 1. The lowest BCUT2D eigenvalue weighted by atomic mass is 9.76. The van der Waals surface area contributed by atoms with Gasteiger partial charge < -0.3 is 55.2 Å². The van der Waals surface area contributed by atoms with E-state index in [1.54, 1.807) is 62.8 Å². The van der Waals surface area contributed by atoms with E-state index in [0.29, 0.717) is 62.5 Å². The van der Waals surface area contributed by atoms with Crippen molar-refractivity contribution in [3.8, 4) is 17.2 Å². The number of Topliss-reactive ketones (excluding diaryl/α,β-unsaturated/α-hetero) is 1. The van der Waals surface area contributed by atoms with Crippen molar-refractivity contribution in [1.29, 1.82) is 0 Å². The molecule has 9 atom stereocenters. The van der Waals surface area contributed by atoms with Crippen LogP contribution in [-0.4, -0.2) is 122 Å². The molecule has 0 radical (unpaired) electrons. The maximum absolute atomic E-state index is 15.0. The average Bonchev–Trinajstić information content (AvgIpc) is 2.94. The molecule has 0 aromatic heterocycles. The number of nitrogens with one attached hydrogen (secondary N) is 3. The molecule has 2 fully saturated rings. The molecule has 5 bridgehead atoms. The maximum atomic E-state index is 15.0. The van der Waals surface area contributed by atoms with Gasteiger partial charge >= 0.3 is 17.9 Å². The minimum atomic E-state index is -4.51. The van der Waals surface area contributed by atoms with Crippen molar-refractivity contribution >= 4 is 51.4 Å². The number of likely N-dealkylation sites (tertiary alicyclic amines) is 2. The number of aliphatic hydroxyl groups is 2. The van der Waals surface area contributed by atoms with Crippen molar-refractivity contribution in [3.63, 3.8) is 0 Å². The topological polar surface area (TPSA) is 247 Å². The number of ether oxygens (including phenoxy) is 3. The minimum absolute atomic E-state index is 0.0236. The number of hydrogen-bond donors (Lipinski definition) is 7. The first-order valence-electron chi connectivity index (χ1n) is 28.5. The number of anilines is 3. The van der Waals surface area contributed by atoms with E-state index >= 15 is 4.79 Å². The Labute approximate surface area is 474 Å². The molecular formula is C60H77F3N8O11. The first kappa shape index (κ1) is 59.9. The van der Waals surface area contributed by atoms with Gasteiger partial charge in [-0.2, -0.15) is 13.2 Å². The lowest BCUT2D eigenvalue weighted by molar-refractivity contribution is -0.164. The van der Waals surface area contributed by atoms with Gasteiger partial charge in [-0.05, 0) is 75.1 Å². The van der Waals surface area contributed by atoms with Gasteiger partial charge in [0.25, 0.3) is 11.7 Å². The Morgan fingerprint density at radius 1 is 0.927 bits per heavy atom. The highest BCUT2D eigenvalue weighted by molar-refractivity contribution is 6.21. The number of halogens is 3. The van der Waals surface area contributed by atoms with Crippen molar-refractivity contribution in [2.24, 2.45) is 45.5 Å². The van der Waals surface area contributed by atoms with E-state index in [9.17, 15) is 48.0 Å². The van der Waals surface area contributed by atoms with Crippen LogP contribution in [0.25, 0.3) is 10.8 Å². The van der Waals surface area contributed by atoms with Gasteiger partial charge in [0.15, 0.2) is 5.75 Å². The number of amides is 2. The number of hydrogen-bond acceptors (Lipinski definition) is 17. The lowest BCUT2D eigenvalue weighted by Gasteiger charge is -2.39. The van der Waals surface area contributed by atoms with Crippen LogP contribution in [0.4, 0.5) is 30.2 Å². The summed E-state index contributed by atoms with van der Waals surface area (Å²) in [6, 6.07) is 3.27. The number of hydrazine groups is 2. The molecule has 0 saturated carbocycles. The monoisotopic (exact) mass is 1140 g/mol. The van der Waals surface area contributed by atoms with E-state index in [-0.39, 0.29) is 68.8 Å². The van der Waals surface area contributed by atoms with Crippen molar-refractivity contribution in [2.45, 2.75) is 150 Å². The number of allylic oxidation sites excluding steroid dienone is 3. The summed E-state index contributed by atoms with van der Waals surface area (Å²) in [7, 11) is 0. The third kappa shape index (κ3) is 11.4. The van der Waals surface area contributed by atoms with Crippen molar-refractivity contribution in [1.82, 2.24) is 15.3 Å². The number of nitrogens with zero attached hydrogens (tertiary/aromatic N) is 5. The number of phenolic OH excluding ortho intramolecular Hbond substituents is 2. The molecule has 0 unspecified atom stereocenters. The van der Waals surface area contributed by atoms with Crippen molar-refractivity contribution < 1.29 is 67.0 Å². The van der Waals surface area contributed by atoms with Gasteiger partial charge in [-0.15, -0.1) is 5.53 Å². The summed E-state index contributed by atoms with van der Waals surface area (Å²) in [6.07, 6.45) is 1.70. The van der Waals surface area contributed by atoms with E-state index in [4.69, 9.17) is 19.2 Å². The summed E-state index contributed by atoms with van der Waals surface area (Å²) < 4.78 is 59.2. The Balaban J connectivity index is 1.01. The fourth-order valence-electron chi connectivity index (χ4n) is 12.6. The molecule has 10 rings (SSSR count). The first-order chi connectivity index (χ1) is 38.7.